The van der Waals surface area contributed by atoms with Crippen LogP contribution in [0.3, 0.4) is 0 Å². The summed E-state index contributed by atoms with van der Waals surface area (Å²) >= 11 is 2.81. The fraction of sp³-hybridized carbons (Fsp3) is 0.267. The summed E-state index contributed by atoms with van der Waals surface area (Å²) in [6, 6.07) is 6.09. The lowest BCUT2D eigenvalue weighted by molar-refractivity contribution is -0.118. The second kappa shape index (κ2) is 7.95. The van der Waals surface area contributed by atoms with Crippen molar-refractivity contribution in [2.24, 2.45) is 0 Å². The van der Waals surface area contributed by atoms with Gasteiger partial charge >= 0.3 is 0 Å². The Labute approximate surface area is 138 Å². The molecule has 1 amide bonds. The van der Waals surface area contributed by atoms with Crippen molar-refractivity contribution in [3.63, 3.8) is 0 Å². The van der Waals surface area contributed by atoms with Gasteiger partial charge in [0.25, 0.3) is 0 Å². The van der Waals surface area contributed by atoms with Crippen LogP contribution in [-0.2, 0) is 4.79 Å². The van der Waals surface area contributed by atoms with Gasteiger partial charge in [0.1, 0.15) is 0 Å². The maximum Gasteiger partial charge on any atom is 0.230 e. The van der Waals surface area contributed by atoms with Gasteiger partial charge in [0.15, 0.2) is 4.34 Å². The van der Waals surface area contributed by atoms with E-state index in [0.29, 0.717) is 12.3 Å². The summed E-state index contributed by atoms with van der Waals surface area (Å²) in [5.41, 5.74) is 3.44. The predicted octanol–water partition coefficient (Wildman–Crippen LogP) is 3.29. The van der Waals surface area contributed by atoms with Gasteiger partial charge in [0.2, 0.25) is 11.0 Å². The number of aryl methyl sites for hydroxylation is 1. The van der Waals surface area contributed by atoms with Crippen molar-refractivity contribution in [2.75, 3.05) is 17.6 Å². The van der Waals surface area contributed by atoms with Crippen molar-refractivity contribution >= 4 is 39.8 Å². The molecule has 0 radical (unpaired) electrons. The van der Waals surface area contributed by atoms with E-state index in [1.807, 2.05) is 12.1 Å². The monoisotopic (exact) mass is 334 g/mol. The van der Waals surface area contributed by atoms with Crippen LogP contribution in [0, 0.1) is 13.8 Å². The standard InChI is InChI=1S/C15H18N4OS2/c1-4-8-16-13(20)9-21-15-19-18-14(22-15)17-12-7-5-6-10(2)11(12)3/h4-7H,1,8-9H2,2-3H3,(H,16,20)(H,17,18). The zero-order valence-electron chi connectivity index (χ0n) is 12.5. The third-order valence-corrected chi connectivity index (χ3v) is 5.00. The van der Waals surface area contributed by atoms with Gasteiger partial charge in [-0.2, -0.15) is 0 Å². The third kappa shape index (κ3) is 4.57. The van der Waals surface area contributed by atoms with Gasteiger partial charge in [0.05, 0.1) is 5.75 Å². The predicted molar refractivity (Wildman–Crippen MR) is 93.0 cm³/mol. The Kier molecular flexibility index (Phi) is 5.97. The number of hydrogen-bond donors (Lipinski definition) is 2. The van der Waals surface area contributed by atoms with Crippen LogP contribution in [0.25, 0.3) is 0 Å². The fourth-order valence-electron chi connectivity index (χ4n) is 1.68. The van der Waals surface area contributed by atoms with Gasteiger partial charge < -0.3 is 10.6 Å². The smallest absolute Gasteiger partial charge is 0.230 e. The Morgan fingerprint density at radius 2 is 2.23 bits per heavy atom. The number of amides is 1. The molecule has 0 aliphatic heterocycles. The van der Waals surface area contributed by atoms with E-state index in [-0.39, 0.29) is 5.91 Å². The average Bonchev–Trinajstić information content (AvgIpc) is 2.95. The van der Waals surface area contributed by atoms with Gasteiger partial charge in [-0.1, -0.05) is 41.3 Å². The summed E-state index contributed by atoms with van der Waals surface area (Å²) in [5.74, 6) is 0.288. The number of anilines is 2. The molecule has 116 valence electrons. The molecule has 2 rings (SSSR count). The number of carbonyl (C=O) groups excluding carboxylic acids is 1. The van der Waals surface area contributed by atoms with Gasteiger partial charge in [0, 0.05) is 12.2 Å². The number of carbonyl (C=O) groups is 1. The Morgan fingerprint density at radius 3 is 3.00 bits per heavy atom. The lowest BCUT2D eigenvalue weighted by atomic mass is 10.1. The van der Waals surface area contributed by atoms with Crippen LogP contribution >= 0.6 is 23.1 Å². The first kappa shape index (κ1) is 16.5. The zero-order chi connectivity index (χ0) is 15.9. The minimum atomic E-state index is -0.0378. The van der Waals surface area contributed by atoms with Gasteiger partial charge in [-0.15, -0.1) is 16.8 Å². The number of thioether (sulfide) groups is 1. The minimum absolute atomic E-state index is 0.0378. The average molecular weight is 334 g/mol. The van der Waals surface area contributed by atoms with Crippen molar-refractivity contribution in [3.05, 3.63) is 42.0 Å². The number of benzene rings is 1. The summed E-state index contributed by atoms with van der Waals surface area (Å²) in [6.07, 6.45) is 1.65. The highest BCUT2D eigenvalue weighted by Crippen LogP contribution is 2.29. The van der Waals surface area contributed by atoms with E-state index in [1.54, 1.807) is 6.08 Å². The third-order valence-electron chi connectivity index (χ3n) is 3.02. The maximum absolute atomic E-state index is 11.5. The molecule has 0 bridgehead atoms. The van der Waals surface area contributed by atoms with E-state index in [1.165, 1.54) is 34.2 Å². The number of rotatable bonds is 7. The van der Waals surface area contributed by atoms with Crippen molar-refractivity contribution in [1.29, 1.82) is 0 Å². The van der Waals surface area contributed by atoms with E-state index < -0.39 is 0 Å². The normalized spacial score (nSPS) is 10.3. The van der Waals surface area contributed by atoms with Crippen LogP contribution < -0.4 is 10.6 Å². The van der Waals surface area contributed by atoms with Crippen molar-refractivity contribution < 1.29 is 4.79 Å². The van der Waals surface area contributed by atoms with E-state index >= 15 is 0 Å². The molecule has 22 heavy (non-hydrogen) atoms. The molecular weight excluding hydrogens is 316 g/mol. The zero-order valence-corrected chi connectivity index (χ0v) is 14.2. The molecule has 1 aromatic heterocycles. The summed E-state index contributed by atoms with van der Waals surface area (Å²) in [7, 11) is 0. The summed E-state index contributed by atoms with van der Waals surface area (Å²) in [4.78, 5) is 11.5. The molecule has 0 spiro atoms. The van der Waals surface area contributed by atoms with E-state index in [9.17, 15) is 4.79 Å². The Bertz CT molecular complexity index is 669. The lowest BCUT2D eigenvalue weighted by Crippen LogP contribution is -2.24. The highest BCUT2D eigenvalue weighted by Gasteiger charge is 2.09. The van der Waals surface area contributed by atoms with E-state index in [2.05, 4.69) is 47.3 Å². The van der Waals surface area contributed by atoms with E-state index in [0.717, 1.165) is 15.2 Å². The molecule has 0 aliphatic rings. The molecule has 7 heteroatoms. The fourth-order valence-corrected chi connectivity index (χ4v) is 3.28. The summed E-state index contributed by atoms with van der Waals surface area (Å²) < 4.78 is 0.765. The van der Waals surface area contributed by atoms with Crippen molar-refractivity contribution in [1.82, 2.24) is 15.5 Å². The van der Waals surface area contributed by atoms with Crippen LogP contribution in [0.15, 0.2) is 35.2 Å². The van der Waals surface area contributed by atoms with Gasteiger partial charge in [-0.3, -0.25) is 4.79 Å². The SMILES string of the molecule is C=CCNC(=O)CSc1nnc(Nc2cccc(C)c2C)s1. The number of nitrogens with zero attached hydrogens (tertiary/aromatic N) is 2. The largest absolute Gasteiger partial charge is 0.352 e. The first-order valence-electron chi connectivity index (χ1n) is 6.77. The molecule has 5 nitrogen and oxygen atoms in total. The molecule has 1 heterocycles. The topological polar surface area (TPSA) is 66.9 Å². The Morgan fingerprint density at radius 1 is 1.41 bits per heavy atom. The minimum Gasteiger partial charge on any atom is -0.352 e. The molecule has 0 saturated carbocycles. The van der Waals surface area contributed by atoms with Gasteiger partial charge in [-0.25, -0.2) is 0 Å². The first-order chi connectivity index (χ1) is 10.6. The van der Waals surface area contributed by atoms with Crippen LogP contribution in [0.1, 0.15) is 11.1 Å². The summed E-state index contributed by atoms with van der Waals surface area (Å²) in [5, 5.41) is 14.9. The van der Waals surface area contributed by atoms with E-state index in [4.69, 9.17) is 0 Å². The second-order valence-electron chi connectivity index (χ2n) is 4.63. The highest BCUT2D eigenvalue weighted by molar-refractivity contribution is 8.01. The summed E-state index contributed by atoms with van der Waals surface area (Å²) in [6.45, 7) is 8.18. The number of hydrogen-bond acceptors (Lipinski definition) is 6. The first-order valence-corrected chi connectivity index (χ1v) is 8.57. The number of aromatic nitrogens is 2. The Hall–Kier alpha value is -1.86. The second-order valence-corrected chi connectivity index (χ2v) is 6.83. The molecule has 0 unspecified atom stereocenters. The molecule has 0 saturated heterocycles. The van der Waals surface area contributed by atoms with Crippen LogP contribution in [0.5, 0.6) is 0 Å². The molecule has 2 aromatic rings. The van der Waals surface area contributed by atoms with Crippen LogP contribution in [-0.4, -0.2) is 28.4 Å². The van der Waals surface area contributed by atoms with Crippen LogP contribution in [0.4, 0.5) is 10.8 Å². The molecule has 0 fully saturated rings. The number of nitrogens with one attached hydrogen (secondary N) is 2. The van der Waals surface area contributed by atoms with Crippen molar-refractivity contribution in [2.45, 2.75) is 18.2 Å². The van der Waals surface area contributed by atoms with Crippen molar-refractivity contribution in [3.8, 4) is 0 Å². The molecule has 0 aliphatic carbocycles. The molecule has 0 atom stereocenters. The maximum atomic E-state index is 11.5. The highest BCUT2D eigenvalue weighted by atomic mass is 32.2. The molecule has 2 N–H and O–H groups in total. The van der Waals surface area contributed by atoms with Crippen LogP contribution in [0.2, 0.25) is 0 Å². The molecule has 1 aromatic carbocycles. The quantitative estimate of drug-likeness (QED) is 0.601. The van der Waals surface area contributed by atoms with Gasteiger partial charge in [-0.05, 0) is 31.0 Å². The molecular formula is C15H18N4OS2. The lowest BCUT2D eigenvalue weighted by Gasteiger charge is -2.08. The Balaban J connectivity index is 1.92.